The van der Waals surface area contributed by atoms with Crippen LogP contribution in [0.5, 0.6) is 0 Å². The van der Waals surface area contributed by atoms with Crippen molar-refractivity contribution in [2.24, 2.45) is 0 Å². The fourth-order valence-electron chi connectivity index (χ4n) is 1.75. The lowest BCUT2D eigenvalue weighted by molar-refractivity contribution is -0.117. The van der Waals surface area contributed by atoms with E-state index in [-0.39, 0.29) is 5.91 Å². The van der Waals surface area contributed by atoms with Gasteiger partial charge in [-0.05, 0) is 18.4 Å². The third kappa shape index (κ3) is 2.21. The van der Waals surface area contributed by atoms with Crippen LogP contribution in [0.1, 0.15) is 6.42 Å². The average molecular weight is 286 g/mol. The van der Waals surface area contributed by atoms with Gasteiger partial charge in [-0.25, -0.2) is 0 Å². The highest BCUT2D eigenvalue weighted by Crippen LogP contribution is 2.32. The first-order valence-electron chi connectivity index (χ1n) is 4.80. The molecule has 0 bridgehead atoms. The highest BCUT2D eigenvalue weighted by Gasteiger charge is 2.29. The summed E-state index contributed by atoms with van der Waals surface area (Å²) in [5.41, 5.74) is 1.04. The maximum Gasteiger partial charge on any atom is 0.228 e. The largest absolute Gasteiger partial charge is 0.310 e. The van der Waals surface area contributed by atoms with Crippen LogP contribution in [0.4, 0.5) is 5.69 Å². The molecule has 1 heterocycles. The lowest BCUT2D eigenvalue weighted by atomic mass is 10.3. The smallest absolute Gasteiger partial charge is 0.228 e. The predicted molar refractivity (Wildman–Crippen MR) is 67.9 cm³/mol. The normalized spacial score (nSPS) is 21.1. The van der Waals surface area contributed by atoms with Crippen LogP contribution in [0.2, 0.25) is 0 Å². The highest BCUT2D eigenvalue weighted by molar-refractivity contribution is 9.09. The molecule has 0 saturated carbocycles. The quantitative estimate of drug-likeness (QED) is 0.615. The van der Waals surface area contributed by atoms with Crippen molar-refractivity contribution in [1.29, 1.82) is 0 Å². The summed E-state index contributed by atoms with van der Waals surface area (Å²) in [6.45, 7) is 0.774. The van der Waals surface area contributed by atoms with Gasteiger partial charge in [-0.3, -0.25) is 4.79 Å². The number of rotatable bonds is 2. The van der Waals surface area contributed by atoms with Crippen molar-refractivity contribution in [3.8, 4) is 0 Å². The Balaban J connectivity index is 2.33. The number of amides is 1. The Morgan fingerprint density at radius 3 is 2.80 bits per heavy atom. The first-order chi connectivity index (χ1) is 7.22. The molecule has 0 spiro atoms. The Morgan fingerprint density at radius 2 is 2.20 bits per heavy atom. The molecule has 0 radical (unpaired) electrons. The number of para-hydroxylation sites is 1. The number of hydrogen-bond acceptors (Lipinski definition) is 2. The second-order valence-corrected chi connectivity index (χ2v) is 5.62. The van der Waals surface area contributed by atoms with Gasteiger partial charge in [0.2, 0.25) is 5.91 Å². The van der Waals surface area contributed by atoms with Gasteiger partial charge in [0, 0.05) is 22.7 Å². The monoisotopic (exact) mass is 285 g/mol. The molecule has 4 heteroatoms. The fraction of sp³-hybridized carbons (Fsp3) is 0.364. The predicted octanol–water partition coefficient (Wildman–Crippen LogP) is 2.91. The van der Waals surface area contributed by atoms with Crippen LogP contribution in [-0.4, -0.2) is 23.5 Å². The molecule has 1 aliphatic rings. The number of carbonyl (C=O) groups excluding carboxylic acids is 1. The molecule has 0 aromatic heterocycles. The SMILES string of the molecule is CSc1ccccc1N1CC(Br)CC1=O. The zero-order valence-corrected chi connectivity index (χ0v) is 10.8. The number of nitrogens with zero attached hydrogens (tertiary/aromatic N) is 1. The summed E-state index contributed by atoms with van der Waals surface area (Å²) < 4.78 is 0. The Morgan fingerprint density at radius 1 is 1.47 bits per heavy atom. The Hall–Kier alpha value is -0.480. The molecule has 1 aromatic rings. The summed E-state index contributed by atoms with van der Waals surface area (Å²) in [4.78, 5) is 15.1. The topological polar surface area (TPSA) is 20.3 Å². The number of alkyl halides is 1. The summed E-state index contributed by atoms with van der Waals surface area (Å²) in [6.07, 6.45) is 2.63. The molecule has 15 heavy (non-hydrogen) atoms. The summed E-state index contributed by atoms with van der Waals surface area (Å²) in [7, 11) is 0. The lowest BCUT2D eigenvalue weighted by Gasteiger charge is -2.18. The van der Waals surface area contributed by atoms with Gasteiger partial charge in [-0.2, -0.15) is 0 Å². The Bertz CT molecular complexity index is 383. The highest BCUT2D eigenvalue weighted by atomic mass is 79.9. The minimum absolute atomic E-state index is 0.207. The van der Waals surface area contributed by atoms with E-state index in [9.17, 15) is 4.79 Å². The molecule has 80 valence electrons. The van der Waals surface area contributed by atoms with E-state index in [0.717, 1.165) is 17.1 Å². The number of benzene rings is 1. The number of carbonyl (C=O) groups is 1. The zero-order valence-electron chi connectivity index (χ0n) is 8.44. The van der Waals surface area contributed by atoms with Gasteiger partial charge in [-0.15, -0.1) is 11.8 Å². The molecular formula is C11H12BrNOS. The molecule has 1 aliphatic heterocycles. The van der Waals surface area contributed by atoms with Crippen LogP contribution in [0, 0.1) is 0 Å². The van der Waals surface area contributed by atoms with Crippen molar-refractivity contribution < 1.29 is 4.79 Å². The molecule has 2 nitrogen and oxygen atoms in total. The minimum atomic E-state index is 0.207. The number of anilines is 1. The van der Waals surface area contributed by atoms with E-state index in [1.807, 2.05) is 29.4 Å². The summed E-state index contributed by atoms with van der Waals surface area (Å²) in [6, 6.07) is 8.04. The molecule has 1 amide bonds. The maximum absolute atomic E-state index is 11.7. The minimum Gasteiger partial charge on any atom is -0.310 e. The van der Waals surface area contributed by atoms with E-state index in [1.165, 1.54) is 0 Å². The van der Waals surface area contributed by atoms with Crippen LogP contribution in [0.15, 0.2) is 29.2 Å². The summed E-state index contributed by atoms with van der Waals surface area (Å²) in [5.74, 6) is 0.207. The molecule has 1 saturated heterocycles. The van der Waals surface area contributed by atoms with Gasteiger partial charge in [0.25, 0.3) is 0 Å². The van der Waals surface area contributed by atoms with Crippen molar-refractivity contribution in [3.63, 3.8) is 0 Å². The van der Waals surface area contributed by atoms with E-state index in [2.05, 4.69) is 22.0 Å². The molecular weight excluding hydrogens is 274 g/mol. The lowest BCUT2D eigenvalue weighted by Crippen LogP contribution is -2.25. The summed E-state index contributed by atoms with van der Waals surface area (Å²) in [5, 5.41) is 0. The van der Waals surface area contributed by atoms with Gasteiger partial charge in [0.15, 0.2) is 0 Å². The maximum atomic E-state index is 11.7. The van der Waals surface area contributed by atoms with Gasteiger partial charge in [0.1, 0.15) is 0 Å². The van der Waals surface area contributed by atoms with Gasteiger partial charge >= 0.3 is 0 Å². The second-order valence-electron chi connectivity index (χ2n) is 3.48. The van der Waals surface area contributed by atoms with Crippen molar-refractivity contribution in [3.05, 3.63) is 24.3 Å². The summed E-state index contributed by atoms with van der Waals surface area (Å²) >= 11 is 5.17. The van der Waals surface area contributed by atoms with Crippen LogP contribution in [0.25, 0.3) is 0 Å². The van der Waals surface area contributed by atoms with Gasteiger partial charge in [-0.1, -0.05) is 28.1 Å². The van der Waals surface area contributed by atoms with E-state index in [4.69, 9.17) is 0 Å². The van der Waals surface area contributed by atoms with Crippen LogP contribution in [-0.2, 0) is 4.79 Å². The average Bonchev–Trinajstić information content (AvgIpc) is 2.57. The Labute approximate surface area is 102 Å². The molecule has 1 unspecified atom stereocenters. The van der Waals surface area contributed by atoms with Crippen molar-refractivity contribution in [2.75, 3.05) is 17.7 Å². The third-order valence-corrected chi connectivity index (χ3v) is 3.85. The third-order valence-electron chi connectivity index (χ3n) is 2.45. The molecule has 1 fully saturated rings. The first-order valence-corrected chi connectivity index (χ1v) is 6.94. The Kier molecular flexibility index (Phi) is 3.36. The number of hydrogen-bond donors (Lipinski definition) is 0. The molecule has 1 atom stereocenters. The zero-order chi connectivity index (χ0) is 10.8. The van der Waals surface area contributed by atoms with E-state index in [0.29, 0.717) is 11.2 Å². The first kappa shape index (κ1) is 11.0. The number of thioether (sulfide) groups is 1. The van der Waals surface area contributed by atoms with Crippen molar-refractivity contribution in [1.82, 2.24) is 0 Å². The second kappa shape index (κ2) is 4.58. The molecule has 0 N–H and O–H groups in total. The van der Waals surface area contributed by atoms with Gasteiger partial charge < -0.3 is 4.90 Å². The number of halogens is 1. The van der Waals surface area contributed by atoms with Crippen LogP contribution in [0.3, 0.4) is 0 Å². The fourth-order valence-corrected chi connectivity index (χ4v) is 2.92. The van der Waals surface area contributed by atoms with Crippen molar-refractivity contribution in [2.45, 2.75) is 16.1 Å². The van der Waals surface area contributed by atoms with Crippen molar-refractivity contribution >= 4 is 39.3 Å². The standard InChI is InChI=1S/C11H12BrNOS/c1-15-10-5-3-2-4-9(10)13-7-8(12)6-11(13)14/h2-5,8H,6-7H2,1H3. The van der Waals surface area contributed by atoms with E-state index >= 15 is 0 Å². The van der Waals surface area contributed by atoms with Crippen LogP contribution >= 0.6 is 27.7 Å². The van der Waals surface area contributed by atoms with E-state index in [1.54, 1.807) is 11.8 Å². The molecule has 2 rings (SSSR count). The van der Waals surface area contributed by atoms with Gasteiger partial charge in [0.05, 0.1) is 5.69 Å². The molecule has 0 aliphatic carbocycles. The molecule has 1 aromatic carbocycles. The van der Waals surface area contributed by atoms with E-state index < -0.39 is 0 Å². The van der Waals surface area contributed by atoms with Crippen LogP contribution < -0.4 is 4.90 Å².